The van der Waals surface area contributed by atoms with Crippen LogP contribution in [-0.4, -0.2) is 13.0 Å². The zero-order valence-corrected chi connectivity index (χ0v) is 12.8. The second kappa shape index (κ2) is 6.70. The van der Waals surface area contributed by atoms with Crippen molar-refractivity contribution < 1.29 is 9.53 Å². The molecule has 0 heterocycles. The summed E-state index contributed by atoms with van der Waals surface area (Å²) in [6.07, 6.45) is 0. The molecule has 21 heavy (non-hydrogen) atoms. The van der Waals surface area contributed by atoms with E-state index in [-0.39, 0.29) is 18.1 Å². The topological polar surface area (TPSA) is 64.3 Å². The van der Waals surface area contributed by atoms with Gasteiger partial charge in [0, 0.05) is 17.1 Å². The number of nitrogen functional groups attached to an aromatic ring is 1. The summed E-state index contributed by atoms with van der Waals surface area (Å²) in [4.78, 5) is 12.2. The highest BCUT2D eigenvalue weighted by molar-refractivity contribution is 6.34. The number of carbonyl (C=O) groups excluding carboxylic acids is 1. The first kappa shape index (κ1) is 15.5. The van der Waals surface area contributed by atoms with Gasteiger partial charge < -0.3 is 15.8 Å². The largest absolute Gasteiger partial charge is 0.496 e. The molecule has 0 fully saturated rings. The Bertz CT molecular complexity index is 675. The summed E-state index contributed by atoms with van der Waals surface area (Å²) in [5.74, 6) is 0.291. The van der Waals surface area contributed by atoms with Gasteiger partial charge >= 0.3 is 0 Å². The van der Waals surface area contributed by atoms with Crippen LogP contribution in [0, 0.1) is 0 Å². The quantitative estimate of drug-likeness (QED) is 0.846. The number of amides is 1. The van der Waals surface area contributed by atoms with Gasteiger partial charge in [-0.1, -0.05) is 35.3 Å². The molecule has 0 aliphatic rings. The third-order valence-corrected chi connectivity index (χ3v) is 3.70. The number of halogens is 2. The lowest BCUT2D eigenvalue weighted by molar-refractivity contribution is 0.0951. The number of ether oxygens (including phenoxy) is 1. The Balaban J connectivity index is 2.17. The number of hydrogen-bond donors (Lipinski definition) is 2. The number of methoxy groups -OCH3 is 1. The molecular weight excluding hydrogens is 311 g/mol. The highest BCUT2D eigenvalue weighted by Crippen LogP contribution is 2.26. The van der Waals surface area contributed by atoms with Gasteiger partial charge in [-0.2, -0.15) is 0 Å². The molecule has 0 radical (unpaired) electrons. The van der Waals surface area contributed by atoms with Crippen LogP contribution >= 0.6 is 23.2 Å². The maximum absolute atomic E-state index is 12.2. The van der Waals surface area contributed by atoms with E-state index in [1.54, 1.807) is 43.5 Å². The molecule has 0 spiro atoms. The Morgan fingerprint density at radius 1 is 1.19 bits per heavy atom. The Kier molecular flexibility index (Phi) is 4.94. The number of nitrogens with two attached hydrogens (primary N) is 1. The van der Waals surface area contributed by atoms with Gasteiger partial charge in [-0.3, -0.25) is 4.79 Å². The summed E-state index contributed by atoms with van der Waals surface area (Å²) >= 11 is 12.0. The highest BCUT2D eigenvalue weighted by atomic mass is 35.5. The van der Waals surface area contributed by atoms with Crippen molar-refractivity contribution in [3.63, 3.8) is 0 Å². The first-order valence-electron chi connectivity index (χ1n) is 6.18. The molecule has 0 unspecified atom stereocenters. The molecule has 0 atom stereocenters. The summed E-state index contributed by atoms with van der Waals surface area (Å²) in [7, 11) is 1.55. The van der Waals surface area contributed by atoms with Gasteiger partial charge in [-0.15, -0.1) is 0 Å². The lowest BCUT2D eigenvalue weighted by atomic mass is 10.1. The van der Waals surface area contributed by atoms with Gasteiger partial charge in [-0.05, 0) is 24.3 Å². The van der Waals surface area contributed by atoms with E-state index in [0.29, 0.717) is 26.9 Å². The van der Waals surface area contributed by atoms with Crippen LogP contribution in [0.2, 0.25) is 10.0 Å². The molecule has 2 rings (SSSR count). The molecule has 2 aromatic rings. The summed E-state index contributed by atoms with van der Waals surface area (Å²) in [5.41, 5.74) is 7.08. The van der Waals surface area contributed by atoms with Crippen molar-refractivity contribution in [3.05, 3.63) is 57.6 Å². The minimum Gasteiger partial charge on any atom is -0.496 e. The van der Waals surface area contributed by atoms with Crippen LogP contribution in [0.5, 0.6) is 5.75 Å². The summed E-state index contributed by atoms with van der Waals surface area (Å²) in [6, 6.07) is 10.2. The lowest BCUT2D eigenvalue weighted by Gasteiger charge is -2.12. The molecule has 1 amide bonds. The third-order valence-electron chi connectivity index (χ3n) is 3.02. The number of anilines is 1. The molecule has 4 nitrogen and oxygen atoms in total. The minimum atomic E-state index is -0.322. The Morgan fingerprint density at radius 2 is 1.86 bits per heavy atom. The predicted molar refractivity (Wildman–Crippen MR) is 85.0 cm³/mol. The Labute approximate surface area is 132 Å². The van der Waals surface area contributed by atoms with Gasteiger partial charge in [-0.25, -0.2) is 0 Å². The van der Waals surface area contributed by atoms with E-state index in [4.69, 9.17) is 33.7 Å². The molecule has 2 aromatic carbocycles. The number of hydrogen-bond acceptors (Lipinski definition) is 3. The van der Waals surface area contributed by atoms with Gasteiger partial charge in [0.1, 0.15) is 5.75 Å². The van der Waals surface area contributed by atoms with Crippen molar-refractivity contribution in [2.24, 2.45) is 0 Å². The van der Waals surface area contributed by atoms with Crippen LogP contribution in [0.1, 0.15) is 15.9 Å². The smallest absolute Gasteiger partial charge is 0.253 e. The molecular formula is C15H14Cl2N2O2. The van der Waals surface area contributed by atoms with E-state index in [9.17, 15) is 4.79 Å². The van der Waals surface area contributed by atoms with Gasteiger partial charge in [0.25, 0.3) is 5.91 Å². The molecule has 110 valence electrons. The monoisotopic (exact) mass is 324 g/mol. The van der Waals surface area contributed by atoms with Gasteiger partial charge in [0.05, 0.1) is 23.4 Å². The molecule has 0 saturated heterocycles. The maximum atomic E-state index is 12.2. The average molecular weight is 325 g/mol. The molecule has 0 aliphatic heterocycles. The summed E-state index contributed by atoms with van der Waals surface area (Å²) < 4.78 is 5.23. The van der Waals surface area contributed by atoms with E-state index in [2.05, 4.69) is 5.32 Å². The third kappa shape index (κ3) is 3.40. The second-order valence-corrected chi connectivity index (χ2v) is 5.12. The van der Waals surface area contributed by atoms with Crippen molar-refractivity contribution >= 4 is 34.8 Å². The highest BCUT2D eigenvalue weighted by Gasteiger charge is 2.13. The fourth-order valence-corrected chi connectivity index (χ4v) is 2.31. The zero-order valence-electron chi connectivity index (χ0n) is 11.3. The maximum Gasteiger partial charge on any atom is 0.253 e. The number of rotatable bonds is 4. The van der Waals surface area contributed by atoms with Crippen molar-refractivity contribution in [2.75, 3.05) is 12.8 Å². The van der Waals surface area contributed by atoms with E-state index < -0.39 is 0 Å². The Morgan fingerprint density at radius 3 is 2.57 bits per heavy atom. The van der Waals surface area contributed by atoms with Crippen molar-refractivity contribution in [3.8, 4) is 5.75 Å². The fourth-order valence-electron chi connectivity index (χ4n) is 1.90. The van der Waals surface area contributed by atoms with Crippen LogP contribution in [0.15, 0.2) is 36.4 Å². The first-order chi connectivity index (χ1) is 10.0. The standard InChI is InChI=1S/C15H14Cl2N2O2/c1-21-13-7-3-5-11(16)10(13)8-19-15(20)9-4-2-6-12(17)14(9)18/h2-7H,8,18H2,1H3,(H,19,20). The van der Waals surface area contributed by atoms with Gasteiger partial charge in [0.15, 0.2) is 0 Å². The van der Waals surface area contributed by atoms with Crippen molar-refractivity contribution in [2.45, 2.75) is 6.54 Å². The van der Waals surface area contributed by atoms with Crippen LogP contribution in [0.3, 0.4) is 0 Å². The second-order valence-electron chi connectivity index (χ2n) is 4.30. The lowest BCUT2D eigenvalue weighted by Crippen LogP contribution is -2.24. The molecule has 0 saturated carbocycles. The van der Waals surface area contributed by atoms with Crippen LogP contribution in [0.4, 0.5) is 5.69 Å². The number of carbonyl (C=O) groups is 1. The van der Waals surface area contributed by atoms with Crippen LogP contribution < -0.4 is 15.8 Å². The first-order valence-corrected chi connectivity index (χ1v) is 6.93. The molecule has 3 N–H and O–H groups in total. The van der Waals surface area contributed by atoms with Crippen LogP contribution in [0.25, 0.3) is 0 Å². The van der Waals surface area contributed by atoms with E-state index in [1.807, 2.05) is 0 Å². The normalized spacial score (nSPS) is 10.2. The summed E-state index contributed by atoms with van der Waals surface area (Å²) in [6.45, 7) is 0.230. The molecule has 0 bridgehead atoms. The van der Waals surface area contributed by atoms with E-state index in [0.717, 1.165) is 0 Å². The number of para-hydroxylation sites is 1. The summed E-state index contributed by atoms with van der Waals surface area (Å²) in [5, 5.41) is 3.62. The number of nitrogens with one attached hydrogen (secondary N) is 1. The van der Waals surface area contributed by atoms with Crippen molar-refractivity contribution in [1.29, 1.82) is 0 Å². The van der Waals surface area contributed by atoms with E-state index >= 15 is 0 Å². The molecule has 0 aromatic heterocycles. The van der Waals surface area contributed by atoms with Crippen LogP contribution in [-0.2, 0) is 6.54 Å². The van der Waals surface area contributed by atoms with Crippen molar-refractivity contribution in [1.82, 2.24) is 5.32 Å². The average Bonchev–Trinajstić information content (AvgIpc) is 2.48. The minimum absolute atomic E-state index is 0.230. The van der Waals surface area contributed by atoms with E-state index in [1.165, 1.54) is 0 Å². The van der Waals surface area contributed by atoms with Gasteiger partial charge in [0.2, 0.25) is 0 Å². The molecule has 6 heteroatoms. The molecule has 0 aliphatic carbocycles. The Hall–Kier alpha value is -1.91. The number of benzene rings is 2. The SMILES string of the molecule is COc1cccc(Cl)c1CNC(=O)c1cccc(Cl)c1N. The zero-order chi connectivity index (χ0) is 15.4. The predicted octanol–water partition coefficient (Wildman–Crippen LogP) is 3.51. The fraction of sp³-hybridized carbons (Fsp3) is 0.133.